The largest absolute Gasteiger partial charge is 0.377 e. The molecule has 1 aliphatic rings. The van der Waals surface area contributed by atoms with Crippen LogP contribution < -0.4 is 10.6 Å². The monoisotopic (exact) mass is 223 g/mol. The number of rotatable bonds is 5. The lowest BCUT2D eigenvalue weighted by atomic mass is 10.1. The van der Waals surface area contributed by atoms with Crippen molar-refractivity contribution in [2.75, 3.05) is 33.4 Å². The molecule has 0 radical (unpaired) electrons. The van der Waals surface area contributed by atoms with Gasteiger partial charge in [-0.15, -0.1) is 6.58 Å². The summed E-state index contributed by atoms with van der Waals surface area (Å²) in [5.41, 5.74) is 1.47. The minimum absolute atomic E-state index is 0.732. The molecule has 0 atom stereocenters. The minimum atomic E-state index is 0.732. The molecular formula is C12H21N3O. The van der Waals surface area contributed by atoms with Gasteiger partial charge < -0.3 is 15.4 Å². The van der Waals surface area contributed by atoms with Crippen molar-refractivity contribution in [3.63, 3.8) is 0 Å². The van der Waals surface area contributed by atoms with Crippen molar-refractivity contribution in [1.82, 2.24) is 10.6 Å². The van der Waals surface area contributed by atoms with Crippen molar-refractivity contribution in [2.45, 2.75) is 12.8 Å². The van der Waals surface area contributed by atoms with Crippen molar-refractivity contribution < 1.29 is 4.74 Å². The van der Waals surface area contributed by atoms with Gasteiger partial charge >= 0.3 is 0 Å². The fraction of sp³-hybridized carbons (Fsp3) is 0.583. The first-order valence-corrected chi connectivity index (χ1v) is 5.68. The van der Waals surface area contributed by atoms with Crippen LogP contribution in [0.5, 0.6) is 0 Å². The van der Waals surface area contributed by atoms with E-state index in [0.717, 1.165) is 45.1 Å². The number of aliphatic imine (C=N–C) groups is 1. The molecule has 0 aromatic heterocycles. The van der Waals surface area contributed by atoms with E-state index in [2.05, 4.69) is 28.3 Å². The molecule has 0 saturated heterocycles. The van der Waals surface area contributed by atoms with E-state index < -0.39 is 0 Å². The highest BCUT2D eigenvalue weighted by atomic mass is 16.5. The van der Waals surface area contributed by atoms with Gasteiger partial charge in [-0.05, 0) is 12.8 Å². The third-order valence-corrected chi connectivity index (χ3v) is 2.43. The Balaban J connectivity index is 2.17. The summed E-state index contributed by atoms with van der Waals surface area (Å²) in [6, 6.07) is 0. The van der Waals surface area contributed by atoms with E-state index in [4.69, 9.17) is 4.74 Å². The second-order valence-corrected chi connectivity index (χ2v) is 3.61. The van der Waals surface area contributed by atoms with Crippen LogP contribution in [-0.2, 0) is 4.74 Å². The number of nitrogens with one attached hydrogen (secondary N) is 2. The molecule has 4 heteroatoms. The van der Waals surface area contributed by atoms with Gasteiger partial charge in [0.2, 0.25) is 0 Å². The van der Waals surface area contributed by atoms with Crippen LogP contribution in [0.25, 0.3) is 0 Å². The second kappa shape index (κ2) is 7.93. The molecule has 4 nitrogen and oxygen atoms in total. The number of hydrogen-bond acceptors (Lipinski definition) is 2. The van der Waals surface area contributed by atoms with E-state index in [1.807, 2.05) is 6.08 Å². The molecule has 1 rings (SSSR count). The van der Waals surface area contributed by atoms with Crippen LogP contribution in [-0.4, -0.2) is 39.3 Å². The maximum atomic E-state index is 5.26. The maximum absolute atomic E-state index is 5.26. The number of nitrogens with zero attached hydrogens (tertiary/aromatic N) is 1. The van der Waals surface area contributed by atoms with Gasteiger partial charge in [0.1, 0.15) is 0 Å². The Morgan fingerprint density at radius 1 is 1.62 bits per heavy atom. The predicted octanol–water partition coefficient (Wildman–Crippen LogP) is 1.07. The normalized spacial score (nSPS) is 16.6. The van der Waals surface area contributed by atoms with Crippen molar-refractivity contribution in [1.29, 1.82) is 0 Å². The molecule has 90 valence electrons. The van der Waals surface area contributed by atoms with Crippen molar-refractivity contribution in [2.24, 2.45) is 4.99 Å². The molecule has 1 heterocycles. The van der Waals surface area contributed by atoms with Crippen molar-refractivity contribution in [3.8, 4) is 0 Å². The molecule has 0 spiro atoms. The van der Waals surface area contributed by atoms with Gasteiger partial charge in [0.05, 0.1) is 13.2 Å². The Bertz CT molecular complexity index is 271. The fourth-order valence-electron chi connectivity index (χ4n) is 1.52. The highest BCUT2D eigenvalue weighted by molar-refractivity contribution is 5.79. The summed E-state index contributed by atoms with van der Waals surface area (Å²) in [5, 5.41) is 6.39. The standard InChI is InChI=1S/C12H21N3O/c1-3-7-14-12(13-2)15-8-4-11-5-9-16-10-6-11/h3,5H,1,4,6-10H2,2H3,(H2,13,14,15). The summed E-state index contributed by atoms with van der Waals surface area (Å²) in [5.74, 6) is 0.826. The SMILES string of the molecule is C=CCNC(=NC)NCCC1=CCOCC1. The summed E-state index contributed by atoms with van der Waals surface area (Å²) in [6.07, 6.45) is 6.09. The first-order valence-electron chi connectivity index (χ1n) is 5.68. The molecule has 2 N–H and O–H groups in total. The van der Waals surface area contributed by atoms with Crippen molar-refractivity contribution in [3.05, 3.63) is 24.3 Å². The average molecular weight is 223 g/mol. The van der Waals surface area contributed by atoms with Gasteiger partial charge in [-0.2, -0.15) is 0 Å². The number of hydrogen-bond donors (Lipinski definition) is 2. The smallest absolute Gasteiger partial charge is 0.191 e. The molecular weight excluding hydrogens is 202 g/mol. The Kier molecular flexibility index (Phi) is 6.33. The van der Waals surface area contributed by atoms with Crippen LogP contribution in [0.4, 0.5) is 0 Å². The summed E-state index contributed by atoms with van der Waals surface area (Å²) >= 11 is 0. The Labute approximate surface area is 97.5 Å². The van der Waals surface area contributed by atoms with Crippen LogP contribution >= 0.6 is 0 Å². The van der Waals surface area contributed by atoms with Crippen LogP contribution in [0.1, 0.15) is 12.8 Å². The van der Waals surface area contributed by atoms with Crippen molar-refractivity contribution >= 4 is 5.96 Å². The Morgan fingerprint density at radius 2 is 2.50 bits per heavy atom. The van der Waals surface area contributed by atoms with E-state index >= 15 is 0 Å². The first kappa shape index (κ1) is 12.8. The third kappa shape index (κ3) is 4.98. The van der Waals surface area contributed by atoms with Crippen LogP contribution in [0.3, 0.4) is 0 Å². The molecule has 0 aliphatic carbocycles. The second-order valence-electron chi connectivity index (χ2n) is 3.61. The number of ether oxygens (including phenoxy) is 1. The lowest BCUT2D eigenvalue weighted by Gasteiger charge is -2.15. The maximum Gasteiger partial charge on any atom is 0.191 e. The van der Waals surface area contributed by atoms with Gasteiger partial charge in [0.15, 0.2) is 5.96 Å². The Hall–Kier alpha value is -1.29. The average Bonchev–Trinajstić information content (AvgIpc) is 2.35. The molecule has 16 heavy (non-hydrogen) atoms. The molecule has 0 aromatic rings. The third-order valence-electron chi connectivity index (χ3n) is 2.43. The van der Waals surface area contributed by atoms with E-state index in [-0.39, 0.29) is 0 Å². The highest BCUT2D eigenvalue weighted by Gasteiger charge is 2.03. The van der Waals surface area contributed by atoms with Gasteiger partial charge in [-0.1, -0.05) is 17.7 Å². The van der Waals surface area contributed by atoms with Gasteiger partial charge in [-0.25, -0.2) is 0 Å². The predicted molar refractivity (Wildman–Crippen MR) is 67.7 cm³/mol. The summed E-state index contributed by atoms with van der Waals surface area (Å²) < 4.78 is 5.26. The summed E-state index contributed by atoms with van der Waals surface area (Å²) in [6.45, 7) is 6.91. The van der Waals surface area contributed by atoms with Gasteiger partial charge in [0, 0.05) is 20.1 Å². The first-order chi connectivity index (χ1) is 7.86. The minimum Gasteiger partial charge on any atom is -0.377 e. The van der Waals surface area contributed by atoms with Crippen LogP contribution in [0.15, 0.2) is 29.3 Å². The van der Waals surface area contributed by atoms with Crippen LogP contribution in [0, 0.1) is 0 Å². The summed E-state index contributed by atoms with van der Waals surface area (Å²) in [7, 11) is 1.77. The molecule has 0 aromatic carbocycles. The molecule has 0 unspecified atom stereocenters. The zero-order valence-corrected chi connectivity index (χ0v) is 9.96. The van der Waals surface area contributed by atoms with E-state index in [1.165, 1.54) is 5.57 Å². The quantitative estimate of drug-likeness (QED) is 0.416. The number of guanidine groups is 1. The van der Waals surface area contributed by atoms with Gasteiger partial charge in [0.25, 0.3) is 0 Å². The zero-order chi connectivity index (χ0) is 11.6. The lowest BCUT2D eigenvalue weighted by Crippen LogP contribution is -2.37. The Morgan fingerprint density at radius 3 is 3.12 bits per heavy atom. The fourth-order valence-corrected chi connectivity index (χ4v) is 1.52. The molecule has 0 amide bonds. The van der Waals surface area contributed by atoms with E-state index in [9.17, 15) is 0 Å². The highest BCUT2D eigenvalue weighted by Crippen LogP contribution is 2.10. The molecule has 0 fully saturated rings. The van der Waals surface area contributed by atoms with E-state index in [1.54, 1.807) is 7.05 Å². The summed E-state index contributed by atoms with van der Waals surface area (Å²) in [4.78, 5) is 4.11. The van der Waals surface area contributed by atoms with E-state index in [0.29, 0.717) is 0 Å². The molecule has 1 aliphatic heterocycles. The topological polar surface area (TPSA) is 45.7 Å². The van der Waals surface area contributed by atoms with Crippen LogP contribution in [0.2, 0.25) is 0 Å². The molecule has 0 saturated carbocycles. The zero-order valence-electron chi connectivity index (χ0n) is 9.96. The molecule has 0 bridgehead atoms. The van der Waals surface area contributed by atoms with Gasteiger partial charge in [-0.3, -0.25) is 4.99 Å². The lowest BCUT2D eigenvalue weighted by molar-refractivity contribution is 0.153.